The smallest absolute Gasteiger partial charge is 0.102 e. The van der Waals surface area contributed by atoms with Gasteiger partial charge in [0, 0.05) is 0 Å². The average molecular weight is 244 g/mol. The molecule has 0 bridgehead atoms. The maximum atomic E-state index is 9.08. The fraction of sp³-hybridized carbons (Fsp3) is 0.500. The van der Waals surface area contributed by atoms with Gasteiger partial charge in [0.1, 0.15) is 6.10 Å². The zero-order valence-corrected chi connectivity index (χ0v) is 9.70. The van der Waals surface area contributed by atoms with Crippen molar-refractivity contribution in [2.45, 2.75) is 6.10 Å². The Bertz CT molecular complexity index is 248. The van der Waals surface area contributed by atoms with Gasteiger partial charge in [-0.1, -0.05) is 30.3 Å². The molecule has 0 saturated carbocycles. The largest absolute Gasteiger partial charge is 0.394 e. The first-order valence-electron chi connectivity index (χ1n) is 5.39. The lowest BCUT2D eigenvalue weighted by Gasteiger charge is -2.05. The van der Waals surface area contributed by atoms with Crippen LogP contribution >= 0.6 is 0 Å². The number of rotatable bonds is 6. The first kappa shape index (κ1) is 16.0. The molecule has 1 aromatic carbocycles. The van der Waals surface area contributed by atoms with Crippen molar-refractivity contribution in [3.8, 4) is 0 Å². The first-order valence-corrected chi connectivity index (χ1v) is 5.39. The van der Waals surface area contributed by atoms with E-state index in [9.17, 15) is 0 Å². The van der Waals surface area contributed by atoms with Gasteiger partial charge in [-0.05, 0) is 5.56 Å². The van der Waals surface area contributed by atoms with Gasteiger partial charge < -0.3 is 25.2 Å². The van der Waals surface area contributed by atoms with Crippen molar-refractivity contribution in [1.29, 1.82) is 0 Å². The molecule has 0 heterocycles. The van der Waals surface area contributed by atoms with Crippen molar-refractivity contribution < 1.29 is 25.2 Å². The molecule has 1 unspecified atom stereocenters. The number of hydrogen-bond acceptors (Lipinski definition) is 5. The van der Waals surface area contributed by atoms with Gasteiger partial charge in [-0.3, -0.25) is 0 Å². The van der Waals surface area contributed by atoms with E-state index in [1.54, 1.807) is 12.1 Å². The summed E-state index contributed by atoms with van der Waals surface area (Å²) in [5.74, 6) is 0. The van der Waals surface area contributed by atoms with Crippen LogP contribution < -0.4 is 0 Å². The van der Waals surface area contributed by atoms with Gasteiger partial charge in [-0.15, -0.1) is 0 Å². The van der Waals surface area contributed by atoms with Crippen LogP contribution in [0.25, 0.3) is 0 Å². The van der Waals surface area contributed by atoms with Crippen LogP contribution in [0.1, 0.15) is 11.7 Å². The Balaban J connectivity index is 0.000000325. The SMILES string of the molecule is OCC(O)c1ccccc1.OCCOCCO. The molecule has 5 nitrogen and oxygen atoms in total. The van der Waals surface area contributed by atoms with Gasteiger partial charge in [0.25, 0.3) is 0 Å². The van der Waals surface area contributed by atoms with Gasteiger partial charge in [0.05, 0.1) is 33.0 Å². The Labute approximate surface area is 101 Å². The summed E-state index contributed by atoms with van der Waals surface area (Å²) in [6.07, 6.45) is -0.735. The number of ether oxygens (including phenoxy) is 1. The fourth-order valence-corrected chi connectivity index (χ4v) is 1.01. The van der Waals surface area contributed by atoms with E-state index in [0.29, 0.717) is 13.2 Å². The predicted molar refractivity (Wildman–Crippen MR) is 63.5 cm³/mol. The third-order valence-electron chi connectivity index (χ3n) is 1.83. The number of aliphatic hydroxyl groups excluding tert-OH is 4. The highest BCUT2D eigenvalue weighted by molar-refractivity contribution is 5.16. The van der Waals surface area contributed by atoms with Crippen LogP contribution in [0.15, 0.2) is 30.3 Å². The van der Waals surface area contributed by atoms with Crippen LogP contribution in [-0.4, -0.2) is 53.5 Å². The van der Waals surface area contributed by atoms with Crippen LogP contribution in [0, 0.1) is 0 Å². The van der Waals surface area contributed by atoms with E-state index in [1.807, 2.05) is 18.2 Å². The van der Waals surface area contributed by atoms with Crippen molar-refractivity contribution in [2.24, 2.45) is 0 Å². The molecular formula is C12H20O5. The summed E-state index contributed by atoms with van der Waals surface area (Å²) in [7, 11) is 0. The highest BCUT2D eigenvalue weighted by atomic mass is 16.5. The summed E-state index contributed by atoms with van der Waals surface area (Å²) < 4.78 is 4.63. The molecule has 1 aromatic rings. The quantitative estimate of drug-likeness (QED) is 0.516. The molecule has 17 heavy (non-hydrogen) atoms. The van der Waals surface area contributed by atoms with Gasteiger partial charge >= 0.3 is 0 Å². The lowest BCUT2D eigenvalue weighted by molar-refractivity contribution is 0.0650. The van der Waals surface area contributed by atoms with E-state index in [0.717, 1.165) is 5.56 Å². The van der Waals surface area contributed by atoms with E-state index in [2.05, 4.69) is 4.74 Å². The Kier molecular flexibility index (Phi) is 10.8. The highest BCUT2D eigenvalue weighted by Gasteiger charge is 2.02. The molecule has 0 aliphatic heterocycles. The fourth-order valence-electron chi connectivity index (χ4n) is 1.01. The Morgan fingerprint density at radius 1 is 0.941 bits per heavy atom. The lowest BCUT2D eigenvalue weighted by atomic mass is 10.1. The molecule has 1 rings (SSSR count). The zero-order chi connectivity index (χ0) is 12.9. The van der Waals surface area contributed by atoms with E-state index in [1.165, 1.54) is 0 Å². The maximum Gasteiger partial charge on any atom is 0.102 e. The molecule has 0 aliphatic carbocycles. The second kappa shape index (κ2) is 11.5. The molecule has 0 saturated heterocycles. The van der Waals surface area contributed by atoms with E-state index < -0.39 is 6.10 Å². The van der Waals surface area contributed by atoms with Crippen LogP contribution in [0.2, 0.25) is 0 Å². The summed E-state index contributed by atoms with van der Waals surface area (Å²) in [6.45, 7) is 0.477. The molecule has 0 aliphatic rings. The topological polar surface area (TPSA) is 90.2 Å². The average Bonchev–Trinajstić information content (AvgIpc) is 2.40. The summed E-state index contributed by atoms with van der Waals surface area (Å²) in [5, 5.41) is 33.8. The van der Waals surface area contributed by atoms with Gasteiger partial charge in [0.15, 0.2) is 0 Å². The zero-order valence-electron chi connectivity index (χ0n) is 9.70. The Morgan fingerprint density at radius 2 is 1.47 bits per heavy atom. The molecule has 5 heteroatoms. The number of aliphatic hydroxyl groups is 4. The second-order valence-electron chi connectivity index (χ2n) is 3.17. The van der Waals surface area contributed by atoms with Crippen LogP contribution in [0.5, 0.6) is 0 Å². The minimum absolute atomic E-state index is 0.0278. The highest BCUT2D eigenvalue weighted by Crippen LogP contribution is 2.09. The van der Waals surface area contributed by atoms with Crippen molar-refractivity contribution >= 4 is 0 Å². The van der Waals surface area contributed by atoms with Gasteiger partial charge in [-0.2, -0.15) is 0 Å². The molecule has 0 amide bonds. The second-order valence-corrected chi connectivity index (χ2v) is 3.17. The number of hydrogen-bond donors (Lipinski definition) is 4. The standard InChI is InChI=1S/C8H10O2.C4H10O3/c9-6-8(10)7-4-2-1-3-5-7;5-1-3-7-4-2-6/h1-5,8-10H,6H2;5-6H,1-4H2. The van der Waals surface area contributed by atoms with Crippen molar-refractivity contribution in [3.63, 3.8) is 0 Å². The first-order chi connectivity index (χ1) is 8.26. The lowest BCUT2D eigenvalue weighted by Crippen LogP contribution is -2.03. The van der Waals surface area contributed by atoms with Crippen LogP contribution in [0.4, 0.5) is 0 Å². The van der Waals surface area contributed by atoms with Crippen molar-refractivity contribution in [1.82, 2.24) is 0 Å². The monoisotopic (exact) mass is 244 g/mol. The maximum absolute atomic E-state index is 9.08. The predicted octanol–water partition coefficient (Wildman–Crippen LogP) is -0.300. The third kappa shape index (κ3) is 8.79. The molecule has 0 aromatic heterocycles. The molecule has 1 atom stereocenters. The summed E-state index contributed by atoms with van der Waals surface area (Å²) in [6, 6.07) is 9.08. The minimum Gasteiger partial charge on any atom is -0.394 e. The van der Waals surface area contributed by atoms with Crippen LogP contribution in [-0.2, 0) is 4.74 Å². The van der Waals surface area contributed by atoms with Gasteiger partial charge in [-0.25, -0.2) is 0 Å². The Hall–Kier alpha value is -0.980. The van der Waals surface area contributed by atoms with E-state index in [-0.39, 0.29) is 19.8 Å². The number of benzene rings is 1. The summed E-state index contributed by atoms with van der Waals surface area (Å²) in [4.78, 5) is 0. The molecule has 4 N–H and O–H groups in total. The van der Waals surface area contributed by atoms with Crippen molar-refractivity contribution in [3.05, 3.63) is 35.9 Å². The normalized spacial score (nSPS) is 11.5. The molecule has 0 spiro atoms. The van der Waals surface area contributed by atoms with E-state index in [4.69, 9.17) is 20.4 Å². The summed E-state index contributed by atoms with van der Waals surface area (Å²) >= 11 is 0. The van der Waals surface area contributed by atoms with Crippen LogP contribution in [0.3, 0.4) is 0 Å². The molecular weight excluding hydrogens is 224 g/mol. The van der Waals surface area contributed by atoms with Gasteiger partial charge in [0.2, 0.25) is 0 Å². The summed E-state index contributed by atoms with van der Waals surface area (Å²) in [5.41, 5.74) is 0.755. The molecule has 0 radical (unpaired) electrons. The third-order valence-corrected chi connectivity index (χ3v) is 1.83. The molecule has 98 valence electrons. The van der Waals surface area contributed by atoms with Crippen molar-refractivity contribution in [2.75, 3.05) is 33.0 Å². The van der Waals surface area contributed by atoms with E-state index >= 15 is 0 Å². The minimum atomic E-state index is -0.735. The molecule has 0 fully saturated rings. The Morgan fingerprint density at radius 3 is 1.88 bits per heavy atom.